The third-order valence-electron chi connectivity index (χ3n) is 4.32. The molecule has 116 valence electrons. The summed E-state index contributed by atoms with van der Waals surface area (Å²) in [5, 5.41) is 5.10. The van der Waals surface area contributed by atoms with Crippen LogP contribution in [0.3, 0.4) is 0 Å². The molecule has 1 aliphatic rings. The third kappa shape index (κ3) is 4.80. The minimum absolute atomic E-state index is 0.0711. The van der Waals surface area contributed by atoms with Crippen LogP contribution in [-0.2, 0) is 4.79 Å². The van der Waals surface area contributed by atoms with Gasteiger partial charge in [-0.15, -0.1) is 0 Å². The molecule has 0 radical (unpaired) electrons. The number of likely N-dealkylation sites (tertiary alicyclic amines) is 1. The highest BCUT2D eigenvalue weighted by molar-refractivity contribution is 9.10. The monoisotopic (exact) mass is 355 g/mol. The number of carbonyl (C=O) groups is 1. The number of anilines is 1. The van der Waals surface area contributed by atoms with Crippen molar-refractivity contribution in [2.75, 3.05) is 31.5 Å². The molecule has 2 rings (SSSR count). The van der Waals surface area contributed by atoms with Gasteiger partial charge in [0, 0.05) is 23.0 Å². The minimum atomic E-state index is 0.0711. The van der Waals surface area contributed by atoms with Gasteiger partial charge in [-0.1, -0.05) is 22.0 Å². The van der Waals surface area contributed by atoms with Crippen LogP contribution < -0.4 is 15.5 Å². The lowest BCUT2D eigenvalue weighted by Crippen LogP contribution is -3.16. The quantitative estimate of drug-likeness (QED) is 0.676. The highest BCUT2D eigenvalue weighted by Crippen LogP contribution is 2.20. The molecular formula is C16H26BrN3O+2. The molecule has 1 saturated heterocycles. The van der Waals surface area contributed by atoms with Gasteiger partial charge in [-0.3, -0.25) is 4.79 Å². The van der Waals surface area contributed by atoms with Gasteiger partial charge in [-0.25, -0.2) is 0 Å². The SMILES string of the molecule is CC[NH+]1CCC[C@@H]1C[NH2+]CC(=O)Nc1ccc(C)c(Br)c1. The molecule has 1 aromatic rings. The number of nitrogens with two attached hydrogens (primary N) is 1. The van der Waals surface area contributed by atoms with E-state index in [4.69, 9.17) is 0 Å². The molecule has 1 aliphatic heterocycles. The molecule has 0 bridgehead atoms. The number of carbonyl (C=O) groups excluding carboxylic acids is 1. The third-order valence-corrected chi connectivity index (χ3v) is 5.17. The van der Waals surface area contributed by atoms with E-state index in [1.54, 1.807) is 4.90 Å². The van der Waals surface area contributed by atoms with E-state index in [1.165, 1.54) is 31.5 Å². The minimum Gasteiger partial charge on any atom is -0.334 e. The van der Waals surface area contributed by atoms with Crippen LogP contribution in [-0.4, -0.2) is 38.1 Å². The molecule has 1 fully saturated rings. The van der Waals surface area contributed by atoms with Crippen molar-refractivity contribution in [1.82, 2.24) is 0 Å². The normalized spacial score (nSPS) is 21.5. The molecule has 4 nitrogen and oxygen atoms in total. The average molecular weight is 356 g/mol. The van der Waals surface area contributed by atoms with Crippen LogP contribution in [0.5, 0.6) is 0 Å². The van der Waals surface area contributed by atoms with Crippen LogP contribution in [0.2, 0.25) is 0 Å². The summed E-state index contributed by atoms with van der Waals surface area (Å²) in [7, 11) is 0. The smallest absolute Gasteiger partial charge is 0.279 e. The van der Waals surface area contributed by atoms with Crippen molar-refractivity contribution in [2.45, 2.75) is 32.7 Å². The highest BCUT2D eigenvalue weighted by atomic mass is 79.9. The first-order chi connectivity index (χ1) is 10.1. The van der Waals surface area contributed by atoms with Crippen molar-refractivity contribution in [3.8, 4) is 0 Å². The van der Waals surface area contributed by atoms with Crippen molar-refractivity contribution in [1.29, 1.82) is 0 Å². The van der Waals surface area contributed by atoms with E-state index in [9.17, 15) is 4.79 Å². The van der Waals surface area contributed by atoms with E-state index >= 15 is 0 Å². The van der Waals surface area contributed by atoms with Gasteiger partial charge in [-0.2, -0.15) is 0 Å². The van der Waals surface area contributed by atoms with Crippen molar-refractivity contribution in [2.24, 2.45) is 0 Å². The number of benzene rings is 1. The van der Waals surface area contributed by atoms with Crippen molar-refractivity contribution < 1.29 is 15.0 Å². The van der Waals surface area contributed by atoms with E-state index in [0.29, 0.717) is 6.54 Å². The molecule has 1 heterocycles. The van der Waals surface area contributed by atoms with Crippen molar-refractivity contribution >= 4 is 27.5 Å². The van der Waals surface area contributed by atoms with Gasteiger partial charge < -0.3 is 15.5 Å². The number of hydrogen-bond acceptors (Lipinski definition) is 1. The van der Waals surface area contributed by atoms with Gasteiger partial charge in [0.15, 0.2) is 6.54 Å². The number of rotatable bonds is 6. The second-order valence-corrected chi connectivity index (χ2v) is 6.70. The summed E-state index contributed by atoms with van der Waals surface area (Å²) < 4.78 is 1.03. The molecule has 21 heavy (non-hydrogen) atoms. The van der Waals surface area contributed by atoms with Gasteiger partial charge in [0.2, 0.25) is 0 Å². The second-order valence-electron chi connectivity index (χ2n) is 5.84. The number of aryl methyl sites for hydroxylation is 1. The fourth-order valence-electron chi connectivity index (χ4n) is 3.03. The van der Waals surface area contributed by atoms with Crippen LogP contribution in [0.1, 0.15) is 25.3 Å². The van der Waals surface area contributed by atoms with Gasteiger partial charge in [0.05, 0.1) is 13.1 Å². The summed E-state index contributed by atoms with van der Waals surface area (Å²) in [6.45, 7) is 8.32. The van der Waals surface area contributed by atoms with Crippen LogP contribution in [0.4, 0.5) is 5.69 Å². The predicted molar refractivity (Wildman–Crippen MR) is 88.6 cm³/mol. The van der Waals surface area contributed by atoms with Gasteiger partial charge in [0.1, 0.15) is 12.6 Å². The first kappa shape index (κ1) is 16.5. The summed E-state index contributed by atoms with van der Waals surface area (Å²) in [5.41, 5.74) is 2.02. The van der Waals surface area contributed by atoms with E-state index in [-0.39, 0.29) is 5.91 Å². The molecular weight excluding hydrogens is 330 g/mol. The number of halogens is 1. The number of amides is 1. The van der Waals surface area contributed by atoms with E-state index in [1.807, 2.05) is 25.1 Å². The van der Waals surface area contributed by atoms with E-state index < -0.39 is 0 Å². The zero-order chi connectivity index (χ0) is 15.2. The maximum atomic E-state index is 12.0. The Morgan fingerprint density at radius 3 is 3.05 bits per heavy atom. The fraction of sp³-hybridized carbons (Fsp3) is 0.562. The summed E-state index contributed by atoms with van der Waals surface area (Å²) in [4.78, 5) is 13.7. The van der Waals surface area contributed by atoms with Crippen LogP contribution in [0.15, 0.2) is 22.7 Å². The summed E-state index contributed by atoms with van der Waals surface area (Å²) >= 11 is 3.49. The number of likely N-dealkylation sites (N-methyl/N-ethyl adjacent to an activating group) is 1. The zero-order valence-corrected chi connectivity index (χ0v) is 14.5. The van der Waals surface area contributed by atoms with E-state index in [2.05, 4.69) is 33.5 Å². The standard InChI is InChI=1S/C16H24BrN3O/c1-3-20-8-4-5-14(20)10-18-11-16(21)19-13-7-6-12(2)15(17)9-13/h6-7,9,14,18H,3-5,8,10-11H2,1-2H3,(H,19,21)/p+2/t14-/m1/s1. The van der Waals surface area contributed by atoms with Gasteiger partial charge >= 0.3 is 0 Å². The number of nitrogens with one attached hydrogen (secondary N) is 2. The summed E-state index contributed by atoms with van der Waals surface area (Å²) in [5.74, 6) is 0.0711. The Morgan fingerprint density at radius 1 is 1.52 bits per heavy atom. The molecule has 0 saturated carbocycles. The first-order valence-electron chi connectivity index (χ1n) is 7.82. The Hall–Kier alpha value is -0.910. The second kappa shape index (κ2) is 7.92. The van der Waals surface area contributed by atoms with Gasteiger partial charge in [-0.05, 0) is 31.5 Å². The van der Waals surface area contributed by atoms with Crippen LogP contribution in [0, 0.1) is 6.92 Å². The van der Waals surface area contributed by atoms with Crippen LogP contribution >= 0.6 is 15.9 Å². The maximum Gasteiger partial charge on any atom is 0.279 e. The fourth-order valence-corrected chi connectivity index (χ4v) is 3.41. The Labute approximate surface area is 135 Å². The molecule has 1 unspecified atom stereocenters. The highest BCUT2D eigenvalue weighted by Gasteiger charge is 2.28. The largest absolute Gasteiger partial charge is 0.334 e. The van der Waals surface area contributed by atoms with E-state index in [0.717, 1.165) is 22.7 Å². The lowest BCUT2D eigenvalue weighted by molar-refractivity contribution is -0.923. The molecule has 0 spiro atoms. The number of hydrogen-bond donors (Lipinski definition) is 3. The summed E-state index contributed by atoms with van der Waals surface area (Å²) in [6, 6.07) is 6.62. The Bertz CT molecular complexity index is 492. The molecule has 0 aliphatic carbocycles. The first-order valence-corrected chi connectivity index (χ1v) is 8.61. The molecule has 1 aromatic carbocycles. The van der Waals surface area contributed by atoms with Crippen molar-refractivity contribution in [3.05, 3.63) is 28.2 Å². The lowest BCUT2D eigenvalue weighted by Gasteiger charge is -2.18. The van der Waals surface area contributed by atoms with Gasteiger partial charge in [0.25, 0.3) is 5.91 Å². The molecule has 1 amide bonds. The molecule has 0 aromatic heterocycles. The van der Waals surface area contributed by atoms with Crippen LogP contribution in [0.25, 0.3) is 0 Å². The summed E-state index contributed by atoms with van der Waals surface area (Å²) in [6.07, 6.45) is 2.62. The molecule has 5 heteroatoms. The Kier molecular flexibility index (Phi) is 6.21. The Morgan fingerprint density at radius 2 is 2.33 bits per heavy atom. The molecule has 2 atom stereocenters. The number of quaternary nitrogens is 2. The predicted octanol–water partition coefficient (Wildman–Crippen LogP) is 0.327. The average Bonchev–Trinajstić information content (AvgIpc) is 2.90. The zero-order valence-electron chi connectivity index (χ0n) is 12.9. The maximum absolute atomic E-state index is 12.0. The Balaban J connectivity index is 1.73. The topological polar surface area (TPSA) is 50.2 Å². The lowest BCUT2D eigenvalue weighted by atomic mass is 10.2. The van der Waals surface area contributed by atoms with Crippen molar-refractivity contribution in [3.63, 3.8) is 0 Å². The molecule has 4 N–H and O–H groups in total.